The highest BCUT2D eigenvalue weighted by molar-refractivity contribution is 9.10. The second kappa shape index (κ2) is 7.21. The van der Waals surface area contributed by atoms with E-state index in [1.54, 1.807) is 12.4 Å². The number of aromatic nitrogens is 4. The number of halogens is 2. The van der Waals surface area contributed by atoms with Crippen molar-refractivity contribution in [2.75, 3.05) is 19.6 Å². The van der Waals surface area contributed by atoms with Crippen LogP contribution in [0, 0.1) is 0 Å². The van der Waals surface area contributed by atoms with Crippen LogP contribution in [0.5, 0.6) is 0 Å². The first-order valence-corrected chi connectivity index (χ1v) is 7.84. The summed E-state index contributed by atoms with van der Waals surface area (Å²) in [5, 5.41) is 10.6. The van der Waals surface area contributed by atoms with E-state index in [0.717, 1.165) is 22.0 Å². The van der Waals surface area contributed by atoms with Gasteiger partial charge in [-0.15, -0.1) is 0 Å². The molecular formula is C12H17Br2N5. The highest BCUT2D eigenvalue weighted by Crippen LogP contribution is 2.21. The molecule has 3 rings (SSSR count). The Morgan fingerprint density at radius 1 is 1.37 bits per heavy atom. The molecule has 19 heavy (non-hydrogen) atoms. The number of aromatic amines is 1. The molecule has 0 aromatic carbocycles. The van der Waals surface area contributed by atoms with Crippen LogP contribution in [-0.4, -0.2) is 44.5 Å². The van der Waals surface area contributed by atoms with Crippen LogP contribution in [0.1, 0.15) is 19.4 Å². The van der Waals surface area contributed by atoms with Gasteiger partial charge in [-0.1, -0.05) is 6.92 Å². The van der Waals surface area contributed by atoms with E-state index in [9.17, 15) is 0 Å². The van der Waals surface area contributed by atoms with Crippen LogP contribution in [0.3, 0.4) is 0 Å². The lowest BCUT2D eigenvalue weighted by Crippen LogP contribution is -2.21. The molecule has 0 saturated carbocycles. The van der Waals surface area contributed by atoms with Crippen LogP contribution in [-0.2, 0) is 0 Å². The maximum Gasteiger partial charge on any atom is 0.0658 e. The van der Waals surface area contributed by atoms with Gasteiger partial charge in [-0.05, 0) is 44.8 Å². The summed E-state index contributed by atoms with van der Waals surface area (Å²) in [6.07, 6.45) is 8.60. The lowest BCUT2D eigenvalue weighted by atomic mass is 10.3. The van der Waals surface area contributed by atoms with Crippen molar-refractivity contribution in [3.8, 4) is 0 Å². The molecule has 1 N–H and O–H groups in total. The fraction of sp³-hybridized carbons (Fsp3) is 0.500. The van der Waals surface area contributed by atoms with Crippen LogP contribution in [0.25, 0.3) is 0 Å². The zero-order valence-corrected chi connectivity index (χ0v) is 13.9. The summed E-state index contributed by atoms with van der Waals surface area (Å²) in [7, 11) is 0. The van der Waals surface area contributed by atoms with E-state index in [4.69, 9.17) is 0 Å². The Labute approximate surface area is 129 Å². The van der Waals surface area contributed by atoms with Crippen molar-refractivity contribution in [2.45, 2.75) is 19.4 Å². The number of rotatable bonds is 2. The van der Waals surface area contributed by atoms with Crippen LogP contribution < -0.4 is 0 Å². The van der Waals surface area contributed by atoms with Gasteiger partial charge in [-0.25, -0.2) is 0 Å². The maximum absolute atomic E-state index is 4.31. The Balaban J connectivity index is 0.000000186. The molecule has 2 aromatic heterocycles. The van der Waals surface area contributed by atoms with Gasteiger partial charge in [0.2, 0.25) is 0 Å². The van der Waals surface area contributed by atoms with Gasteiger partial charge in [0.25, 0.3) is 0 Å². The predicted octanol–water partition coefficient (Wildman–Crippen LogP) is 3.08. The SMILES string of the molecule is Brc1cn[nH]c1.CCN1CCC(n2cc(Br)cn2)C1. The molecule has 7 heteroatoms. The molecular weight excluding hydrogens is 374 g/mol. The fourth-order valence-electron chi connectivity index (χ4n) is 2.07. The molecule has 0 amide bonds. The van der Waals surface area contributed by atoms with Gasteiger partial charge in [0.1, 0.15) is 0 Å². The third kappa shape index (κ3) is 4.43. The van der Waals surface area contributed by atoms with E-state index >= 15 is 0 Å². The zero-order valence-electron chi connectivity index (χ0n) is 10.8. The summed E-state index contributed by atoms with van der Waals surface area (Å²) in [6, 6.07) is 0.575. The molecule has 1 aliphatic heterocycles. The molecule has 0 bridgehead atoms. The van der Waals surface area contributed by atoms with Crippen LogP contribution >= 0.6 is 31.9 Å². The van der Waals surface area contributed by atoms with E-state index < -0.39 is 0 Å². The third-order valence-electron chi connectivity index (χ3n) is 3.10. The number of hydrogen-bond acceptors (Lipinski definition) is 3. The number of likely N-dealkylation sites (tertiary alicyclic amines) is 1. The number of nitrogens with one attached hydrogen (secondary N) is 1. The Morgan fingerprint density at radius 3 is 2.63 bits per heavy atom. The first-order chi connectivity index (χ1) is 9.19. The molecule has 2 aromatic rings. The molecule has 0 radical (unpaired) electrons. The van der Waals surface area contributed by atoms with Gasteiger partial charge in [0, 0.05) is 25.5 Å². The molecule has 1 unspecified atom stereocenters. The minimum Gasteiger partial charge on any atom is -0.301 e. The highest BCUT2D eigenvalue weighted by Gasteiger charge is 2.22. The van der Waals surface area contributed by atoms with E-state index in [1.165, 1.54) is 13.0 Å². The average molecular weight is 391 g/mol. The fourth-order valence-corrected chi connectivity index (χ4v) is 2.57. The largest absolute Gasteiger partial charge is 0.301 e. The molecule has 3 heterocycles. The molecule has 104 valence electrons. The van der Waals surface area contributed by atoms with E-state index in [2.05, 4.69) is 69.9 Å². The van der Waals surface area contributed by atoms with E-state index in [-0.39, 0.29) is 0 Å². The molecule has 1 atom stereocenters. The highest BCUT2D eigenvalue weighted by atomic mass is 79.9. The molecule has 0 aliphatic carbocycles. The van der Waals surface area contributed by atoms with Gasteiger partial charge in [-0.2, -0.15) is 10.2 Å². The van der Waals surface area contributed by atoms with Gasteiger partial charge in [0.15, 0.2) is 0 Å². The number of nitrogens with zero attached hydrogens (tertiary/aromatic N) is 4. The van der Waals surface area contributed by atoms with Crippen molar-refractivity contribution in [2.24, 2.45) is 0 Å². The predicted molar refractivity (Wildman–Crippen MR) is 82.0 cm³/mol. The van der Waals surface area contributed by atoms with Crippen molar-refractivity contribution in [1.82, 2.24) is 24.9 Å². The van der Waals surface area contributed by atoms with Gasteiger partial charge in [0.05, 0.1) is 27.4 Å². The molecule has 1 fully saturated rings. The first-order valence-electron chi connectivity index (χ1n) is 6.25. The van der Waals surface area contributed by atoms with E-state index in [0.29, 0.717) is 6.04 Å². The monoisotopic (exact) mass is 389 g/mol. The van der Waals surface area contributed by atoms with Crippen LogP contribution in [0.2, 0.25) is 0 Å². The Kier molecular flexibility index (Phi) is 5.59. The first kappa shape index (κ1) is 14.7. The van der Waals surface area contributed by atoms with Crippen molar-refractivity contribution in [3.05, 3.63) is 33.7 Å². The Morgan fingerprint density at radius 2 is 2.21 bits per heavy atom. The van der Waals surface area contributed by atoms with Crippen LogP contribution in [0.15, 0.2) is 33.7 Å². The molecule has 1 aliphatic rings. The van der Waals surface area contributed by atoms with Crippen molar-refractivity contribution in [3.63, 3.8) is 0 Å². The van der Waals surface area contributed by atoms with Gasteiger partial charge >= 0.3 is 0 Å². The summed E-state index contributed by atoms with van der Waals surface area (Å²) in [5.74, 6) is 0. The van der Waals surface area contributed by atoms with Crippen molar-refractivity contribution < 1.29 is 0 Å². The smallest absolute Gasteiger partial charge is 0.0658 e. The minimum atomic E-state index is 0.575. The standard InChI is InChI=1S/C9H14BrN3.C3H3BrN2/c1-2-12-4-3-9(7-12)13-6-8(10)5-11-13;4-3-1-5-6-2-3/h5-6,9H,2-4,7H2,1H3;1-2H,(H,5,6). The second-order valence-electron chi connectivity index (χ2n) is 4.39. The molecule has 1 saturated heterocycles. The van der Waals surface area contributed by atoms with Gasteiger partial charge < -0.3 is 4.90 Å². The lowest BCUT2D eigenvalue weighted by Gasteiger charge is -2.12. The van der Waals surface area contributed by atoms with Crippen LogP contribution in [0.4, 0.5) is 0 Å². The lowest BCUT2D eigenvalue weighted by molar-refractivity contribution is 0.335. The number of hydrogen-bond donors (Lipinski definition) is 1. The van der Waals surface area contributed by atoms with Crippen molar-refractivity contribution >= 4 is 31.9 Å². The third-order valence-corrected chi connectivity index (χ3v) is 3.95. The number of H-pyrrole nitrogens is 1. The second-order valence-corrected chi connectivity index (χ2v) is 6.22. The topological polar surface area (TPSA) is 49.7 Å². The summed E-state index contributed by atoms with van der Waals surface area (Å²) in [4.78, 5) is 2.46. The normalized spacial score (nSPS) is 19.2. The molecule has 5 nitrogen and oxygen atoms in total. The minimum absolute atomic E-state index is 0.575. The maximum atomic E-state index is 4.31. The Bertz CT molecular complexity index is 482. The van der Waals surface area contributed by atoms with Gasteiger partial charge in [-0.3, -0.25) is 9.78 Å². The average Bonchev–Trinajstić information content (AvgIpc) is 3.10. The summed E-state index contributed by atoms with van der Waals surface area (Å²) >= 11 is 6.60. The quantitative estimate of drug-likeness (QED) is 0.857. The van der Waals surface area contributed by atoms with Crippen molar-refractivity contribution in [1.29, 1.82) is 0 Å². The van der Waals surface area contributed by atoms with E-state index in [1.807, 2.05) is 6.20 Å². The summed E-state index contributed by atoms with van der Waals surface area (Å²) in [6.45, 7) is 5.71. The Hall–Kier alpha value is -0.660. The number of likely N-dealkylation sites (N-methyl/N-ethyl adjacent to an activating group) is 1. The zero-order chi connectivity index (χ0) is 13.7. The summed E-state index contributed by atoms with van der Waals surface area (Å²) < 4.78 is 4.13. The molecule has 0 spiro atoms. The summed E-state index contributed by atoms with van der Waals surface area (Å²) in [5.41, 5.74) is 0.